The lowest BCUT2D eigenvalue weighted by Crippen LogP contribution is -2.42. The van der Waals surface area contributed by atoms with Crippen molar-refractivity contribution in [2.75, 3.05) is 27.2 Å². The second-order valence-electron chi connectivity index (χ2n) is 7.08. The number of piperidine rings is 1. The number of amides is 2. The SMILES string of the molecule is CN(C)C(=O)C1CCN(C(=O)c2cnc(C(C)(C)C)s2)CC1. The van der Waals surface area contributed by atoms with Gasteiger partial charge in [-0.1, -0.05) is 20.8 Å². The molecule has 0 unspecified atom stereocenters. The highest BCUT2D eigenvalue weighted by Crippen LogP contribution is 2.28. The zero-order valence-electron chi connectivity index (χ0n) is 14.0. The molecule has 2 amide bonds. The first kappa shape index (κ1) is 16.9. The van der Waals surface area contributed by atoms with Gasteiger partial charge in [-0.3, -0.25) is 9.59 Å². The Morgan fingerprint density at radius 1 is 1.27 bits per heavy atom. The van der Waals surface area contributed by atoms with Crippen molar-refractivity contribution >= 4 is 23.2 Å². The Morgan fingerprint density at radius 3 is 2.32 bits per heavy atom. The van der Waals surface area contributed by atoms with E-state index in [0.717, 1.165) is 17.8 Å². The van der Waals surface area contributed by atoms with Gasteiger partial charge in [0.1, 0.15) is 4.88 Å². The van der Waals surface area contributed by atoms with Crippen LogP contribution in [0.5, 0.6) is 0 Å². The normalized spacial score (nSPS) is 16.7. The van der Waals surface area contributed by atoms with Crippen LogP contribution in [-0.4, -0.2) is 53.8 Å². The van der Waals surface area contributed by atoms with Crippen LogP contribution >= 0.6 is 11.3 Å². The topological polar surface area (TPSA) is 53.5 Å². The van der Waals surface area contributed by atoms with Gasteiger partial charge in [-0.05, 0) is 12.8 Å². The molecule has 0 aromatic carbocycles. The Hall–Kier alpha value is -1.43. The van der Waals surface area contributed by atoms with Gasteiger partial charge in [-0.25, -0.2) is 4.98 Å². The third-order valence-electron chi connectivity index (χ3n) is 3.93. The molecule has 22 heavy (non-hydrogen) atoms. The van der Waals surface area contributed by atoms with Crippen LogP contribution < -0.4 is 0 Å². The third kappa shape index (κ3) is 3.66. The maximum absolute atomic E-state index is 12.6. The molecule has 1 aromatic rings. The van der Waals surface area contributed by atoms with Crippen molar-refractivity contribution in [3.05, 3.63) is 16.1 Å². The molecule has 0 saturated carbocycles. The summed E-state index contributed by atoms with van der Waals surface area (Å²) in [5.41, 5.74) is -0.0334. The smallest absolute Gasteiger partial charge is 0.265 e. The molecule has 1 aliphatic rings. The van der Waals surface area contributed by atoms with Crippen molar-refractivity contribution in [1.29, 1.82) is 0 Å². The fourth-order valence-electron chi connectivity index (χ4n) is 2.57. The van der Waals surface area contributed by atoms with Gasteiger partial charge in [0.2, 0.25) is 5.91 Å². The summed E-state index contributed by atoms with van der Waals surface area (Å²) in [5, 5.41) is 0.980. The highest BCUT2D eigenvalue weighted by atomic mass is 32.1. The monoisotopic (exact) mass is 323 g/mol. The van der Waals surface area contributed by atoms with Gasteiger partial charge < -0.3 is 9.80 Å². The number of carbonyl (C=O) groups is 2. The average Bonchev–Trinajstić information content (AvgIpc) is 2.95. The lowest BCUT2D eigenvalue weighted by molar-refractivity contribution is -0.134. The van der Waals surface area contributed by atoms with Gasteiger partial charge >= 0.3 is 0 Å². The van der Waals surface area contributed by atoms with Crippen LogP contribution in [0, 0.1) is 5.92 Å². The third-order valence-corrected chi connectivity index (χ3v) is 5.34. The van der Waals surface area contributed by atoms with Crippen LogP contribution in [0.1, 0.15) is 48.3 Å². The molecule has 6 heteroatoms. The second-order valence-corrected chi connectivity index (χ2v) is 8.11. The van der Waals surface area contributed by atoms with E-state index in [9.17, 15) is 9.59 Å². The molecule has 0 N–H and O–H groups in total. The molecule has 0 radical (unpaired) electrons. The molecule has 0 aliphatic carbocycles. The number of hydrogen-bond acceptors (Lipinski definition) is 4. The molecule has 1 aliphatic heterocycles. The summed E-state index contributed by atoms with van der Waals surface area (Å²) >= 11 is 1.48. The van der Waals surface area contributed by atoms with Crippen LogP contribution in [0.25, 0.3) is 0 Å². The minimum atomic E-state index is -0.0334. The van der Waals surface area contributed by atoms with Gasteiger partial charge in [0, 0.05) is 38.5 Å². The number of likely N-dealkylation sites (tertiary alicyclic amines) is 1. The summed E-state index contributed by atoms with van der Waals surface area (Å²) in [7, 11) is 3.57. The Kier molecular flexibility index (Phi) is 4.90. The molecule has 0 bridgehead atoms. The molecular weight excluding hydrogens is 298 g/mol. The van der Waals surface area contributed by atoms with Crippen molar-refractivity contribution in [2.45, 2.75) is 39.0 Å². The molecule has 1 saturated heterocycles. The summed E-state index contributed by atoms with van der Waals surface area (Å²) in [6.07, 6.45) is 3.17. The number of aromatic nitrogens is 1. The van der Waals surface area contributed by atoms with E-state index < -0.39 is 0 Å². The van der Waals surface area contributed by atoms with Crippen LogP contribution in [0.3, 0.4) is 0 Å². The van der Waals surface area contributed by atoms with Gasteiger partial charge in [-0.2, -0.15) is 0 Å². The quantitative estimate of drug-likeness (QED) is 0.840. The van der Waals surface area contributed by atoms with Gasteiger partial charge in [0.15, 0.2) is 0 Å². The first-order valence-electron chi connectivity index (χ1n) is 7.67. The van der Waals surface area contributed by atoms with E-state index in [1.165, 1.54) is 11.3 Å². The maximum Gasteiger partial charge on any atom is 0.265 e. The van der Waals surface area contributed by atoms with E-state index in [-0.39, 0.29) is 23.1 Å². The summed E-state index contributed by atoms with van der Waals surface area (Å²) in [6.45, 7) is 7.58. The summed E-state index contributed by atoms with van der Waals surface area (Å²) in [6, 6.07) is 0. The van der Waals surface area contributed by atoms with E-state index in [4.69, 9.17) is 0 Å². The summed E-state index contributed by atoms with van der Waals surface area (Å²) in [4.78, 5) is 33.1. The van der Waals surface area contributed by atoms with Crippen molar-refractivity contribution < 1.29 is 9.59 Å². The fourth-order valence-corrected chi connectivity index (χ4v) is 3.51. The highest BCUT2D eigenvalue weighted by molar-refractivity contribution is 7.13. The molecule has 2 heterocycles. The number of rotatable bonds is 2. The van der Waals surface area contributed by atoms with E-state index in [1.807, 2.05) is 4.90 Å². The molecule has 0 spiro atoms. The predicted molar refractivity (Wildman–Crippen MR) is 88.1 cm³/mol. The number of hydrogen-bond donors (Lipinski definition) is 0. The Balaban J connectivity index is 1.98. The predicted octanol–water partition coefficient (Wildman–Crippen LogP) is 2.38. The second kappa shape index (κ2) is 6.36. The molecule has 2 rings (SSSR count). The van der Waals surface area contributed by atoms with E-state index in [2.05, 4.69) is 25.8 Å². The number of nitrogens with zero attached hydrogens (tertiary/aromatic N) is 3. The van der Waals surface area contributed by atoms with E-state index >= 15 is 0 Å². The van der Waals surface area contributed by atoms with Crippen LogP contribution in [0.15, 0.2) is 6.20 Å². The standard InChI is InChI=1S/C16H25N3O2S/c1-16(2,3)15-17-10-12(22-15)14(21)19-8-6-11(7-9-19)13(20)18(4)5/h10-11H,6-9H2,1-5H3. The molecule has 1 fully saturated rings. The van der Waals surface area contributed by atoms with Crippen molar-refractivity contribution in [2.24, 2.45) is 5.92 Å². The zero-order valence-corrected chi connectivity index (χ0v) is 14.9. The maximum atomic E-state index is 12.6. The van der Waals surface area contributed by atoms with Crippen molar-refractivity contribution in [3.63, 3.8) is 0 Å². The van der Waals surface area contributed by atoms with Gasteiger partial charge in [0.05, 0.1) is 11.2 Å². The van der Waals surface area contributed by atoms with Crippen LogP contribution in [0.4, 0.5) is 0 Å². The summed E-state index contributed by atoms with van der Waals surface area (Å²) in [5.74, 6) is 0.259. The lowest BCUT2D eigenvalue weighted by atomic mass is 9.95. The minimum absolute atomic E-state index is 0.0334. The Labute approximate surface area is 136 Å². The van der Waals surface area contributed by atoms with E-state index in [1.54, 1.807) is 25.2 Å². The first-order chi connectivity index (χ1) is 10.2. The van der Waals surface area contributed by atoms with Crippen molar-refractivity contribution in [1.82, 2.24) is 14.8 Å². The molecule has 122 valence electrons. The lowest BCUT2D eigenvalue weighted by Gasteiger charge is -2.32. The fraction of sp³-hybridized carbons (Fsp3) is 0.688. The van der Waals surface area contributed by atoms with Crippen LogP contribution in [0.2, 0.25) is 0 Å². The van der Waals surface area contributed by atoms with Gasteiger partial charge in [-0.15, -0.1) is 11.3 Å². The highest BCUT2D eigenvalue weighted by Gasteiger charge is 2.30. The Bertz CT molecular complexity index is 552. The average molecular weight is 323 g/mol. The minimum Gasteiger partial charge on any atom is -0.349 e. The zero-order chi connectivity index (χ0) is 16.5. The molecular formula is C16H25N3O2S. The largest absolute Gasteiger partial charge is 0.349 e. The van der Waals surface area contributed by atoms with Gasteiger partial charge in [0.25, 0.3) is 5.91 Å². The van der Waals surface area contributed by atoms with Crippen molar-refractivity contribution in [3.8, 4) is 0 Å². The first-order valence-corrected chi connectivity index (χ1v) is 8.48. The van der Waals surface area contributed by atoms with E-state index in [0.29, 0.717) is 18.0 Å². The number of carbonyl (C=O) groups excluding carboxylic acids is 2. The molecule has 5 nitrogen and oxygen atoms in total. The molecule has 1 aromatic heterocycles. The number of thiazole rings is 1. The van der Waals surface area contributed by atoms with Crippen LogP contribution in [-0.2, 0) is 10.2 Å². The summed E-state index contributed by atoms with van der Waals surface area (Å²) < 4.78 is 0. The Morgan fingerprint density at radius 2 is 1.86 bits per heavy atom. The molecule has 0 atom stereocenters.